The summed E-state index contributed by atoms with van der Waals surface area (Å²) in [5.41, 5.74) is 1.02. The van der Waals surface area contributed by atoms with Crippen molar-refractivity contribution < 1.29 is 18.3 Å². The minimum atomic E-state index is -2.81. The molecule has 0 fully saturated rings. The zero-order valence-electron chi connectivity index (χ0n) is 18.1. The predicted molar refractivity (Wildman–Crippen MR) is 117 cm³/mol. The van der Waals surface area contributed by atoms with E-state index in [2.05, 4.69) is 33.9 Å². The topological polar surface area (TPSA) is 81.1 Å². The number of alkyl halides is 2. The van der Waals surface area contributed by atoms with Crippen molar-refractivity contribution in [1.29, 1.82) is 0 Å². The molecule has 0 radical (unpaired) electrons. The molecule has 0 saturated carbocycles. The normalized spacial score (nSPS) is 12.3. The van der Waals surface area contributed by atoms with E-state index in [1.807, 2.05) is 0 Å². The minimum absolute atomic E-state index is 0.234. The van der Waals surface area contributed by atoms with Crippen molar-refractivity contribution in [1.82, 2.24) is 20.1 Å². The minimum Gasteiger partial charge on any atom is -0.444 e. The summed E-state index contributed by atoms with van der Waals surface area (Å²) in [6.45, 7) is 10.4. The van der Waals surface area contributed by atoms with Gasteiger partial charge < -0.3 is 15.4 Å². The maximum atomic E-state index is 13.6. The van der Waals surface area contributed by atoms with Gasteiger partial charge in [0.05, 0.1) is 29.3 Å². The Kier molecular flexibility index (Phi) is 8.30. The van der Waals surface area contributed by atoms with Crippen LogP contribution in [-0.2, 0) is 4.74 Å². The lowest BCUT2D eigenvalue weighted by atomic mass is 10.1. The number of carbonyl (C=O) groups is 1. The van der Waals surface area contributed by atoms with Crippen LogP contribution in [-0.4, -0.2) is 33.0 Å². The van der Waals surface area contributed by atoms with Crippen LogP contribution in [0.25, 0.3) is 11.3 Å². The molecule has 2 aromatic heterocycles. The Morgan fingerprint density at radius 3 is 2.68 bits per heavy atom. The molecular formula is C22H29F2N5O2. The summed E-state index contributed by atoms with van der Waals surface area (Å²) in [5.74, 6) is 0. The number of carbonyl (C=O) groups excluding carboxylic acids is 1. The fourth-order valence-corrected chi connectivity index (χ4v) is 2.89. The van der Waals surface area contributed by atoms with Crippen LogP contribution < -0.4 is 10.6 Å². The molecule has 7 nitrogen and oxygen atoms in total. The smallest absolute Gasteiger partial charge is 0.408 e. The van der Waals surface area contributed by atoms with Gasteiger partial charge in [-0.25, -0.2) is 9.48 Å². The number of anilines is 1. The van der Waals surface area contributed by atoms with Gasteiger partial charge in [0.25, 0.3) is 0 Å². The Morgan fingerprint density at radius 1 is 1.32 bits per heavy atom. The van der Waals surface area contributed by atoms with Crippen molar-refractivity contribution in [2.75, 3.05) is 11.9 Å². The Balaban J connectivity index is 2.38. The average Bonchev–Trinajstić information content (AvgIpc) is 3.11. The maximum Gasteiger partial charge on any atom is 0.408 e. The number of nitrogens with zero attached hydrogens (tertiary/aromatic N) is 3. The quantitative estimate of drug-likeness (QED) is 0.384. The Morgan fingerprint density at radius 2 is 2.06 bits per heavy atom. The van der Waals surface area contributed by atoms with E-state index >= 15 is 0 Å². The van der Waals surface area contributed by atoms with Gasteiger partial charge in [-0.3, -0.25) is 4.98 Å². The van der Waals surface area contributed by atoms with E-state index in [0.29, 0.717) is 41.0 Å². The SMILES string of the molecule is C=CCCNc1cnn(C(F)F)c1-c1ccnc([C@H](CC=C)NC(=O)OC(C)(C)C)c1. The van der Waals surface area contributed by atoms with Gasteiger partial charge in [0.1, 0.15) is 5.60 Å². The fourth-order valence-electron chi connectivity index (χ4n) is 2.89. The number of amides is 1. The van der Waals surface area contributed by atoms with Crippen molar-refractivity contribution in [2.24, 2.45) is 0 Å². The van der Waals surface area contributed by atoms with Crippen LogP contribution in [0, 0.1) is 0 Å². The molecular weight excluding hydrogens is 404 g/mol. The summed E-state index contributed by atoms with van der Waals surface area (Å²) >= 11 is 0. The van der Waals surface area contributed by atoms with Crippen LogP contribution in [0.5, 0.6) is 0 Å². The number of aromatic nitrogens is 3. The van der Waals surface area contributed by atoms with Crippen LogP contribution in [0.2, 0.25) is 0 Å². The van der Waals surface area contributed by atoms with Crippen molar-refractivity contribution in [3.63, 3.8) is 0 Å². The molecule has 2 rings (SSSR count). The summed E-state index contributed by atoms with van der Waals surface area (Å²) < 4.78 is 33.1. The molecule has 9 heteroatoms. The largest absolute Gasteiger partial charge is 0.444 e. The number of hydrogen-bond acceptors (Lipinski definition) is 5. The molecule has 31 heavy (non-hydrogen) atoms. The van der Waals surface area contributed by atoms with Crippen LogP contribution in [0.1, 0.15) is 51.9 Å². The van der Waals surface area contributed by atoms with E-state index in [1.165, 1.54) is 12.4 Å². The molecule has 0 aliphatic carbocycles. The highest BCUT2D eigenvalue weighted by Gasteiger charge is 2.23. The van der Waals surface area contributed by atoms with Crippen LogP contribution in [0.15, 0.2) is 49.8 Å². The average molecular weight is 434 g/mol. The fraction of sp³-hybridized carbons (Fsp3) is 0.409. The molecule has 0 aliphatic rings. The van der Waals surface area contributed by atoms with E-state index in [1.54, 1.807) is 45.1 Å². The lowest BCUT2D eigenvalue weighted by molar-refractivity contribution is 0.0502. The van der Waals surface area contributed by atoms with E-state index in [4.69, 9.17) is 4.74 Å². The molecule has 0 unspecified atom stereocenters. The van der Waals surface area contributed by atoms with Gasteiger partial charge >= 0.3 is 12.6 Å². The van der Waals surface area contributed by atoms with Gasteiger partial charge in [-0.05, 0) is 45.7 Å². The van der Waals surface area contributed by atoms with Gasteiger partial charge in [-0.15, -0.1) is 13.2 Å². The number of ether oxygens (including phenoxy) is 1. The van der Waals surface area contributed by atoms with Crippen LogP contribution in [0.4, 0.5) is 19.3 Å². The monoisotopic (exact) mass is 433 g/mol. The number of hydrogen-bond donors (Lipinski definition) is 2. The standard InChI is InChI=1S/C22H29F2N5O2/c1-6-8-11-25-18-14-27-29(20(23)24)19(18)15-10-12-26-17(13-15)16(9-7-2)28-21(30)31-22(3,4)5/h6-7,10,12-14,16,20,25H,1-2,8-9,11H2,3-5H3,(H,28,30)/t16-/m0/s1. The maximum absolute atomic E-state index is 13.6. The first-order chi connectivity index (χ1) is 14.7. The molecule has 1 amide bonds. The Bertz CT molecular complexity index is 906. The molecule has 2 N–H and O–H groups in total. The lowest BCUT2D eigenvalue weighted by Gasteiger charge is -2.23. The van der Waals surface area contributed by atoms with Crippen molar-refractivity contribution in [3.05, 3.63) is 55.5 Å². The van der Waals surface area contributed by atoms with E-state index < -0.39 is 24.3 Å². The third-order valence-corrected chi connectivity index (χ3v) is 4.15. The number of alkyl carbamates (subject to hydrolysis) is 1. The molecule has 2 aromatic rings. The van der Waals surface area contributed by atoms with E-state index in [0.717, 1.165) is 0 Å². The molecule has 0 spiro atoms. The van der Waals surface area contributed by atoms with Crippen LogP contribution in [0.3, 0.4) is 0 Å². The Labute approximate surface area is 181 Å². The van der Waals surface area contributed by atoms with Crippen molar-refractivity contribution in [2.45, 2.75) is 51.8 Å². The van der Waals surface area contributed by atoms with Crippen molar-refractivity contribution >= 4 is 11.8 Å². The number of pyridine rings is 1. The zero-order valence-corrected chi connectivity index (χ0v) is 18.1. The highest BCUT2D eigenvalue weighted by Crippen LogP contribution is 2.32. The second-order valence-electron chi connectivity index (χ2n) is 7.83. The molecule has 2 heterocycles. The first-order valence-corrected chi connectivity index (χ1v) is 9.93. The van der Waals surface area contributed by atoms with Crippen molar-refractivity contribution in [3.8, 4) is 11.3 Å². The number of halogens is 2. The van der Waals surface area contributed by atoms with Crippen LogP contribution >= 0.6 is 0 Å². The first kappa shape index (κ1) is 24.0. The van der Waals surface area contributed by atoms with Gasteiger partial charge in [0, 0.05) is 18.3 Å². The molecule has 0 aromatic carbocycles. The third kappa shape index (κ3) is 6.91. The van der Waals surface area contributed by atoms with Gasteiger partial charge in [-0.2, -0.15) is 13.9 Å². The summed E-state index contributed by atoms with van der Waals surface area (Å²) in [4.78, 5) is 16.6. The summed E-state index contributed by atoms with van der Waals surface area (Å²) in [7, 11) is 0. The number of rotatable bonds is 10. The second kappa shape index (κ2) is 10.7. The third-order valence-electron chi connectivity index (χ3n) is 4.15. The van der Waals surface area contributed by atoms with Gasteiger partial charge in [0.15, 0.2) is 0 Å². The first-order valence-electron chi connectivity index (χ1n) is 9.93. The lowest BCUT2D eigenvalue weighted by Crippen LogP contribution is -2.35. The molecule has 0 saturated heterocycles. The molecule has 0 bridgehead atoms. The summed E-state index contributed by atoms with van der Waals surface area (Å²) in [6, 6.07) is 2.74. The van der Waals surface area contributed by atoms with Gasteiger partial charge in [0.2, 0.25) is 0 Å². The molecule has 168 valence electrons. The highest BCUT2D eigenvalue weighted by atomic mass is 19.3. The molecule has 1 atom stereocenters. The number of nitrogens with one attached hydrogen (secondary N) is 2. The summed E-state index contributed by atoms with van der Waals surface area (Å²) in [6.07, 6.45) is 6.70. The van der Waals surface area contributed by atoms with Gasteiger partial charge in [-0.1, -0.05) is 12.2 Å². The highest BCUT2D eigenvalue weighted by molar-refractivity contribution is 5.75. The summed E-state index contributed by atoms with van der Waals surface area (Å²) in [5, 5.41) is 9.69. The molecule has 0 aliphatic heterocycles. The second-order valence-corrected chi connectivity index (χ2v) is 7.83. The predicted octanol–water partition coefficient (Wildman–Crippen LogP) is 5.47. The zero-order chi connectivity index (χ0) is 23.0. The van der Waals surface area contributed by atoms with E-state index in [9.17, 15) is 13.6 Å². The Hall–Kier alpha value is -3.23. The van der Waals surface area contributed by atoms with E-state index in [-0.39, 0.29) is 5.69 Å².